The lowest BCUT2D eigenvalue weighted by atomic mass is 9.90. The van der Waals surface area contributed by atoms with Crippen LogP contribution in [0.5, 0.6) is 0 Å². The highest BCUT2D eigenvalue weighted by Crippen LogP contribution is 2.21. The van der Waals surface area contributed by atoms with Crippen molar-refractivity contribution in [2.24, 2.45) is 5.92 Å². The molecular formula is C23H27NO5. The van der Waals surface area contributed by atoms with Gasteiger partial charge in [-0.15, -0.1) is 0 Å². The third kappa shape index (κ3) is 5.91. The summed E-state index contributed by atoms with van der Waals surface area (Å²) in [5, 5.41) is 3.00. The Morgan fingerprint density at radius 3 is 1.79 bits per heavy atom. The number of anilines is 1. The van der Waals surface area contributed by atoms with Crippen LogP contribution < -0.4 is 5.32 Å². The Morgan fingerprint density at radius 1 is 0.793 bits per heavy atom. The van der Waals surface area contributed by atoms with E-state index in [4.69, 9.17) is 9.47 Å². The summed E-state index contributed by atoms with van der Waals surface area (Å²) in [7, 11) is 0. The van der Waals surface area contributed by atoms with E-state index in [0.29, 0.717) is 11.3 Å². The molecule has 0 heterocycles. The molecule has 0 aliphatic heterocycles. The van der Waals surface area contributed by atoms with Crippen molar-refractivity contribution in [3.63, 3.8) is 0 Å². The van der Waals surface area contributed by atoms with Gasteiger partial charge in [0, 0.05) is 11.3 Å². The highest BCUT2D eigenvalue weighted by molar-refractivity contribution is 6.12. The Kier molecular flexibility index (Phi) is 7.95. The molecule has 2 unspecified atom stereocenters. The van der Waals surface area contributed by atoms with Crippen LogP contribution >= 0.6 is 0 Å². The lowest BCUT2D eigenvalue weighted by Crippen LogP contribution is -2.46. The Balaban J connectivity index is 2.45. The maximum absolute atomic E-state index is 13.2. The highest BCUT2D eigenvalue weighted by atomic mass is 16.5. The first-order valence-corrected chi connectivity index (χ1v) is 9.64. The maximum Gasteiger partial charge on any atom is 0.329 e. The van der Waals surface area contributed by atoms with E-state index in [9.17, 15) is 14.4 Å². The zero-order valence-corrected chi connectivity index (χ0v) is 17.2. The van der Waals surface area contributed by atoms with Gasteiger partial charge in [0.1, 0.15) is 6.04 Å². The predicted molar refractivity (Wildman–Crippen MR) is 111 cm³/mol. The Bertz CT molecular complexity index is 843. The second-order valence-corrected chi connectivity index (χ2v) is 6.70. The summed E-state index contributed by atoms with van der Waals surface area (Å²) in [6.45, 7) is 7.38. The molecule has 2 rings (SSSR count). The number of rotatable bonds is 9. The highest BCUT2D eigenvalue weighted by Gasteiger charge is 2.42. The first kappa shape index (κ1) is 22.1. The number of ether oxygens (including phenoxy) is 2. The van der Waals surface area contributed by atoms with E-state index < -0.39 is 29.7 Å². The first-order chi connectivity index (χ1) is 13.9. The summed E-state index contributed by atoms with van der Waals surface area (Å²) in [5.74, 6) is -3.33. The number of hydrogen-bond acceptors (Lipinski definition) is 6. The molecule has 29 heavy (non-hydrogen) atoms. The molecule has 0 radical (unpaired) electrons. The molecule has 0 aliphatic rings. The number of carbonyl (C=O) groups is 3. The molecule has 0 bridgehead atoms. The predicted octanol–water partition coefficient (Wildman–Crippen LogP) is 3.71. The fourth-order valence-electron chi connectivity index (χ4n) is 2.86. The molecule has 0 aromatic heterocycles. The number of hydrogen-bond donors (Lipinski definition) is 1. The number of aryl methyl sites for hydroxylation is 2. The van der Waals surface area contributed by atoms with E-state index in [1.54, 1.807) is 50.2 Å². The van der Waals surface area contributed by atoms with E-state index in [0.717, 1.165) is 11.1 Å². The third-order valence-electron chi connectivity index (χ3n) is 4.41. The molecule has 154 valence electrons. The molecule has 0 spiro atoms. The minimum atomic E-state index is -1.38. The van der Waals surface area contributed by atoms with Crippen LogP contribution in [0.25, 0.3) is 0 Å². The fourth-order valence-corrected chi connectivity index (χ4v) is 2.86. The zero-order chi connectivity index (χ0) is 21.4. The fraction of sp³-hybridized carbons (Fsp3) is 0.348. The Labute approximate surface area is 171 Å². The summed E-state index contributed by atoms with van der Waals surface area (Å²) in [4.78, 5) is 38.7. The Hall–Kier alpha value is -3.15. The van der Waals surface area contributed by atoms with Crippen molar-refractivity contribution in [2.45, 2.75) is 33.7 Å². The van der Waals surface area contributed by atoms with Crippen molar-refractivity contribution in [3.05, 3.63) is 65.2 Å². The minimum absolute atomic E-state index is 0.0938. The van der Waals surface area contributed by atoms with Crippen LogP contribution in [0.4, 0.5) is 5.69 Å². The summed E-state index contributed by atoms with van der Waals surface area (Å²) in [6, 6.07) is 12.9. The van der Waals surface area contributed by atoms with Gasteiger partial charge in [0.15, 0.2) is 11.7 Å². The van der Waals surface area contributed by atoms with Crippen molar-refractivity contribution in [3.8, 4) is 0 Å². The molecule has 6 nitrogen and oxygen atoms in total. The number of nitrogens with one attached hydrogen (secondary N) is 1. The molecule has 0 saturated heterocycles. The SMILES string of the molecule is CCOC(=O)C(Nc1ccc(C)cc1)C(C(=O)OCC)C(=O)c1ccc(C)cc1. The average molecular weight is 397 g/mol. The number of ketones is 1. The topological polar surface area (TPSA) is 81.7 Å². The van der Waals surface area contributed by atoms with E-state index in [-0.39, 0.29) is 13.2 Å². The normalized spacial score (nSPS) is 12.6. The van der Waals surface area contributed by atoms with E-state index in [2.05, 4.69) is 5.32 Å². The van der Waals surface area contributed by atoms with Gasteiger partial charge in [0.2, 0.25) is 0 Å². The molecule has 2 aromatic carbocycles. The maximum atomic E-state index is 13.2. The van der Waals surface area contributed by atoms with Crippen molar-refractivity contribution < 1.29 is 23.9 Å². The van der Waals surface area contributed by atoms with Gasteiger partial charge in [0.25, 0.3) is 0 Å². The van der Waals surface area contributed by atoms with Crippen molar-refractivity contribution in [1.29, 1.82) is 0 Å². The molecular weight excluding hydrogens is 370 g/mol. The number of carbonyl (C=O) groups excluding carboxylic acids is 3. The van der Waals surface area contributed by atoms with Crippen molar-refractivity contribution in [2.75, 3.05) is 18.5 Å². The molecule has 6 heteroatoms. The molecule has 2 aromatic rings. The van der Waals surface area contributed by atoms with Crippen LogP contribution in [-0.4, -0.2) is 37.0 Å². The summed E-state index contributed by atoms with van der Waals surface area (Å²) < 4.78 is 10.3. The van der Waals surface area contributed by atoms with Crippen LogP contribution in [0.15, 0.2) is 48.5 Å². The second-order valence-electron chi connectivity index (χ2n) is 6.70. The standard InChI is InChI=1S/C23H27NO5/c1-5-28-22(26)19(21(25)17-11-7-15(3)8-12-17)20(23(27)29-6-2)24-18-13-9-16(4)10-14-18/h7-14,19-20,24H,5-6H2,1-4H3. The zero-order valence-electron chi connectivity index (χ0n) is 17.2. The summed E-state index contributed by atoms with van der Waals surface area (Å²) in [5.41, 5.74) is 2.95. The van der Waals surface area contributed by atoms with E-state index >= 15 is 0 Å². The minimum Gasteiger partial charge on any atom is -0.465 e. The first-order valence-electron chi connectivity index (χ1n) is 9.64. The van der Waals surface area contributed by atoms with Crippen LogP contribution in [-0.2, 0) is 19.1 Å². The largest absolute Gasteiger partial charge is 0.465 e. The third-order valence-corrected chi connectivity index (χ3v) is 4.41. The van der Waals surface area contributed by atoms with Gasteiger partial charge in [-0.1, -0.05) is 47.5 Å². The molecule has 0 amide bonds. The number of esters is 2. The van der Waals surface area contributed by atoms with Crippen LogP contribution in [0.1, 0.15) is 35.3 Å². The van der Waals surface area contributed by atoms with Gasteiger partial charge >= 0.3 is 11.9 Å². The molecule has 0 saturated carbocycles. The van der Waals surface area contributed by atoms with Crippen LogP contribution in [0, 0.1) is 19.8 Å². The van der Waals surface area contributed by atoms with Crippen molar-refractivity contribution >= 4 is 23.4 Å². The van der Waals surface area contributed by atoms with Gasteiger partial charge < -0.3 is 14.8 Å². The van der Waals surface area contributed by atoms with E-state index in [1.807, 2.05) is 26.0 Å². The lowest BCUT2D eigenvalue weighted by molar-refractivity contribution is -0.153. The van der Waals surface area contributed by atoms with Gasteiger partial charge in [-0.2, -0.15) is 0 Å². The van der Waals surface area contributed by atoms with Crippen molar-refractivity contribution in [1.82, 2.24) is 0 Å². The summed E-state index contributed by atoms with van der Waals surface area (Å²) in [6.07, 6.45) is 0. The smallest absolute Gasteiger partial charge is 0.329 e. The van der Waals surface area contributed by atoms with Crippen LogP contribution in [0.2, 0.25) is 0 Å². The van der Waals surface area contributed by atoms with E-state index in [1.165, 1.54) is 0 Å². The Morgan fingerprint density at radius 2 is 1.28 bits per heavy atom. The van der Waals surface area contributed by atoms with Crippen LogP contribution in [0.3, 0.4) is 0 Å². The number of benzene rings is 2. The van der Waals surface area contributed by atoms with Gasteiger partial charge in [-0.3, -0.25) is 9.59 Å². The second kappa shape index (κ2) is 10.4. The molecule has 0 aliphatic carbocycles. The summed E-state index contributed by atoms with van der Waals surface area (Å²) >= 11 is 0. The molecule has 1 N–H and O–H groups in total. The lowest BCUT2D eigenvalue weighted by Gasteiger charge is -2.25. The van der Waals surface area contributed by atoms with Gasteiger partial charge in [0.05, 0.1) is 13.2 Å². The van der Waals surface area contributed by atoms with Gasteiger partial charge in [-0.25, -0.2) is 4.79 Å². The average Bonchev–Trinajstić information content (AvgIpc) is 2.70. The van der Waals surface area contributed by atoms with Gasteiger partial charge in [-0.05, 0) is 39.8 Å². The molecule has 0 fully saturated rings. The number of Topliss-reactive ketones (excluding diaryl/α,β-unsaturated/α-hetero) is 1. The quantitative estimate of drug-likeness (QED) is 0.395. The molecule has 2 atom stereocenters. The monoisotopic (exact) mass is 397 g/mol.